The van der Waals surface area contributed by atoms with Gasteiger partial charge < -0.3 is 0 Å². The molecule has 5 rings (SSSR count). The molecule has 1 heterocycles. The van der Waals surface area contributed by atoms with E-state index >= 15 is 0 Å². The Hall–Kier alpha value is -3.00. The number of rotatable bonds is 8. The molecule has 0 aliphatic heterocycles. The van der Waals surface area contributed by atoms with Crippen LogP contribution in [0.25, 0.3) is 11.5 Å². The van der Waals surface area contributed by atoms with Crippen molar-refractivity contribution in [3.63, 3.8) is 0 Å². The van der Waals surface area contributed by atoms with Gasteiger partial charge in [0.25, 0.3) is 0 Å². The summed E-state index contributed by atoms with van der Waals surface area (Å²) in [5.74, 6) is 0.292. The van der Waals surface area contributed by atoms with Crippen LogP contribution >= 0.6 is 18.6 Å². The molecule has 6 nitrogen and oxygen atoms in total. The summed E-state index contributed by atoms with van der Waals surface area (Å²) >= 11 is 1.27. The molecule has 0 radical (unpaired) electrons. The van der Waals surface area contributed by atoms with Gasteiger partial charge in [-0.3, -0.25) is 0 Å². The Morgan fingerprint density at radius 2 is 1.08 bits per heavy atom. The number of hydrogen-bond acceptors (Lipinski definition) is 7. The van der Waals surface area contributed by atoms with E-state index in [1.54, 1.807) is 72.8 Å². The third-order valence-corrected chi connectivity index (χ3v) is 13.7. The summed E-state index contributed by atoms with van der Waals surface area (Å²) in [6.07, 6.45) is 1.81. The van der Waals surface area contributed by atoms with Crippen LogP contribution < -0.4 is 35.3 Å². The van der Waals surface area contributed by atoms with Gasteiger partial charge in [-0.1, -0.05) is 0 Å². The average molecular weight is 552 g/mol. The van der Waals surface area contributed by atoms with Crippen molar-refractivity contribution in [1.29, 1.82) is 0 Å². The van der Waals surface area contributed by atoms with Crippen molar-refractivity contribution in [1.82, 2.24) is 4.98 Å². The van der Waals surface area contributed by atoms with Gasteiger partial charge in [-0.05, 0) is 0 Å². The van der Waals surface area contributed by atoms with E-state index < -0.39 is 17.1 Å². The molecule has 0 saturated heterocycles. The number of benzene rings is 4. The second kappa shape index (κ2) is 10.0. The standard InChI is InChI=1S/C28H23ClNO5PS/c1-37-28-27(30-26(34-28)22-14-6-2-7-15-22)36(35-29(31,32)33,23-16-8-3-9-17-23,24-18-10-4-11-19-24)25-20-12-5-13-21-25/h2-21H,1H3. The van der Waals surface area contributed by atoms with Crippen LogP contribution in [0.3, 0.4) is 0 Å². The molecule has 1 aromatic heterocycles. The summed E-state index contributed by atoms with van der Waals surface area (Å²) in [4.78, 5) is 4.95. The molecule has 0 atom stereocenters. The van der Waals surface area contributed by atoms with Gasteiger partial charge in [-0.2, -0.15) is 0 Å². The summed E-state index contributed by atoms with van der Waals surface area (Å²) in [5.41, 5.74) is 0.963. The van der Waals surface area contributed by atoms with Gasteiger partial charge in [0.05, 0.1) is 0 Å². The van der Waals surface area contributed by atoms with Gasteiger partial charge in [0.15, 0.2) is 0 Å². The van der Waals surface area contributed by atoms with Crippen LogP contribution in [0.4, 0.5) is 0 Å². The second-order valence-corrected chi connectivity index (χ2v) is 14.3. The molecule has 4 aromatic carbocycles. The first kappa shape index (κ1) is 25.6. The Bertz CT molecular complexity index is 1380. The maximum absolute atomic E-state index is 12.8. The molecule has 9 heteroatoms. The van der Waals surface area contributed by atoms with Crippen LogP contribution in [0.5, 0.6) is 0 Å². The van der Waals surface area contributed by atoms with Crippen LogP contribution in [0.2, 0.25) is 0 Å². The molecule has 0 spiro atoms. The molecule has 0 N–H and O–H groups in total. The van der Waals surface area contributed by atoms with Crippen molar-refractivity contribution in [3.05, 3.63) is 121 Å². The van der Waals surface area contributed by atoms with Crippen molar-refractivity contribution in [3.8, 4) is 11.5 Å². The van der Waals surface area contributed by atoms with Gasteiger partial charge in [0.1, 0.15) is 0 Å². The van der Waals surface area contributed by atoms with Crippen molar-refractivity contribution < 1.29 is 32.7 Å². The summed E-state index contributed by atoms with van der Waals surface area (Å²) in [7, 11) is -4.95. The van der Waals surface area contributed by atoms with E-state index in [4.69, 9.17) is 13.5 Å². The van der Waals surface area contributed by atoms with Crippen LogP contribution in [-0.4, -0.2) is 11.2 Å². The van der Waals surface area contributed by atoms with E-state index in [0.29, 0.717) is 32.5 Å². The zero-order chi connectivity index (χ0) is 26.0. The predicted octanol–water partition coefficient (Wildman–Crippen LogP) is 2.05. The van der Waals surface area contributed by atoms with Gasteiger partial charge in [0, 0.05) is 0 Å². The third kappa shape index (κ3) is 4.29. The molecule has 0 aliphatic rings. The van der Waals surface area contributed by atoms with Gasteiger partial charge in [0.2, 0.25) is 0 Å². The average Bonchev–Trinajstić information content (AvgIpc) is 3.39. The summed E-state index contributed by atoms with van der Waals surface area (Å²) in [5, 5.41) is 1.86. The van der Waals surface area contributed by atoms with E-state index in [-0.39, 0.29) is 5.44 Å². The topological polar surface area (TPSA) is 104 Å². The van der Waals surface area contributed by atoms with Crippen molar-refractivity contribution in [2.45, 2.75) is 5.09 Å². The number of hydrogen-bond donors (Lipinski definition) is 0. The first-order valence-electron chi connectivity index (χ1n) is 11.3. The molecular weight excluding hydrogens is 529 g/mol. The van der Waals surface area contributed by atoms with Crippen molar-refractivity contribution >= 4 is 39.9 Å². The first-order chi connectivity index (χ1) is 17.9. The Morgan fingerprint density at radius 1 is 0.676 bits per heavy atom. The Morgan fingerprint density at radius 3 is 1.46 bits per heavy atom. The fourth-order valence-corrected chi connectivity index (χ4v) is 13.0. The maximum atomic E-state index is 12.8. The minimum absolute atomic E-state index is 0.257. The van der Waals surface area contributed by atoms with Crippen LogP contribution in [0.15, 0.2) is 131 Å². The van der Waals surface area contributed by atoms with E-state index in [1.165, 1.54) is 11.8 Å². The quantitative estimate of drug-likeness (QED) is 0.215. The summed E-state index contributed by atoms with van der Waals surface area (Å²) in [6.45, 7) is -4.84. The summed E-state index contributed by atoms with van der Waals surface area (Å²) in [6, 6.07) is 36.2. The fourth-order valence-electron chi connectivity index (χ4n) is 4.68. The van der Waals surface area contributed by atoms with E-state index in [1.807, 2.05) is 54.8 Å². The fraction of sp³-hybridized carbons (Fsp3) is 0.0357. The molecule has 0 saturated carbocycles. The number of nitrogens with zero attached hydrogens (tertiary/aromatic N) is 1. The normalized spacial score (nSPS) is 13.1. The second-order valence-electron chi connectivity index (χ2n) is 8.19. The van der Waals surface area contributed by atoms with Crippen LogP contribution in [-0.2, 0) is 4.08 Å². The zero-order valence-corrected chi connectivity index (χ0v) is 22.2. The Balaban J connectivity index is 2.05. The Kier molecular flexibility index (Phi) is 6.96. The molecule has 0 bridgehead atoms. The molecule has 188 valence electrons. The van der Waals surface area contributed by atoms with Gasteiger partial charge >= 0.3 is 222 Å². The molecule has 37 heavy (non-hydrogen) atoms. The SMILES string of the molecule is CSc1oc(-c2ccccc2)nc1P(O[Cl+3]([O-])([O-])[O-])(c1ccccc1)(c1ccccc1)c1ccccc1. The number of oxazole rings is 1. The van der Waals surface area contributed by atoms with E-state index in [2.05, 4.69) is 0 Å². The zero-order valence-electron chi connectivity index (χ0n) is 19.8. The molecule has 5 aromatic rings. The van der Waals surface area contributed by atoms with E-state index in [0.717, 1.165) is 0 Å². The monoisotopic (exact) mass is 551 g/mol. The Labute approximate surface area is 221 Å². The van der Waals surface area contributed by atoms with E-state index in [9.17, 15) is 14.0 Å². The molecule has 0 aliphatic carbocycles. The number of aromatic nitrogens is 1. The minimum atomic E-state index is -4.95. The third-order valence-electron chi connectivity index (χ3n) is 6.16. The van der Waals surface area contributed by atoms with Gasteiger partial charge in [-0.15, -0.1) is 0 Å². The predicted molar refractivity (Wildman–Crippen MR) is 140 cm³/mol. The van der Waals surface area contributed by atoms with Crippen molar-refractivity contribution in [2.75, 3.05) is 6.26 Å². The van der Waals surface area contributed by atoms with Crippen LogP contribution in [0.1, 0.15) is 0 Å². The molecule has 0 amide bonds. The van der Waals surface area contributed by atoms with Crippen LogP contribution in [0, 0.1) is 10.2 Å². The molecular formula is C28H23ClNO5PS. The molecule has 0 unspecified atom stereocenters. The molecule has 0 fully saturated rings. The first-order valence-corrected chi connectivity index (χ1v) is 15.9. The summed E-state index contributed by atoms with van der Waals surface area (Å²) < 4.78 is 50.6. The number of halogens is 1. The van der Waals surface area contributed by atoms with Gasteiger partial charge in [-0.25, -0.2) is 0 Å². The number of thioether (sulfide) groups is 1. The van der Waals surface area contributed by atoms with Crippen molar-refractivity contribution in [2.24, 2.45) is 0 Å².